The fourth-order valence-corrected chi connectivity index (χ4v) is 2.11. The molecule has 84 valence electrons. The van der Waals surface area contributed by atoms with E-state index in [2.05, 4.69) is 4.98 Å². The van der Waals surface area contributed by atoms with E-state index in [1.165, 1.54) is 11.4 Å². The zero-order valence-corrected chi connectivity index (χ0v) is 9.44. The molecule has 1 aromatic rings. The van der Waals surface area contributed by atoms with Gasteiger partial charge in [-0.1, -0.05) is 6.07 Å². The molecule has 6 heteroatoms. The molecule has 1 aromatic heterocycles. The molecule has 0 saturated heterocycles. The fourth-order valence-electron chi connectivity index (χ4n) is 1.15. The minimum absolute atomic E-state index is 0.0240. The minimum Gasteiger partial charge on any atom is -0.329 e. The second-order valence-electron chi connectivity index (χ2n) is 3.22. The van der Waals surface area contributed by atoms with Crippen LogP contribution >= 0.6 is 0 Å². The summed E-state index contributed by atoms with van der Waals surface area (Å²) in [5.41, 5.74) is 6.09. The van der Waals surface area contributed by atoms with Gasteiger partial charge in [-0.25, -0.2) is 12.7 Å². The predicted molar refractivity (Wildman–Crippen MR) is 58.5 cm³/mol. The third-order valence-corrected chi connectivity index (χ3v) is 3.81. The van der Waals surface area contributed by atoms with E-state index in [4.69, 9.17) is 5.73 Å². The van der Waals surface area contributed by atoms with Crippen molar-refractivity contribution in [2.45, 2.75) is 6.54 Å². The molecule has 0 aliphatic carbocycles. The SMILES string of the molecule is CN(Cc1cccnc1)S(=O)(=O)CCN. The van der Waals surface area contributed by atoms with Gasteiger partial charge in [0.15, 0.2) is 0 Å². The predicted octanol–water partition coefficient (Wildman–Crippen LogP) is -0.198. The van der Waals surface area contributed by atoms with Crippen LogP contribution in [0.25, 0.3) is 0 Å². The molecule has 15 heavy (non-hydrogen) atoms. The summed E-state index contributed by atoms with van der Waals surface area (Å²) in [6.07, 6.45) is 3.30. The minimum atomic E-state index is -3.23. The maximum atomic E-state index is 11.6. The topological polar surface area (TPSA) is 76.3 Å². The largest absolute Gasteiger partial charge is 0.329 e. The van der Waals surface area contributed by atoms with Crippen molar-refractivity contribution < 1.29 is 8.42 Å². The summed E-state index contributed by atoms with van der Waals surface area (Å²) in [5.74, 6) is -0.0240. The number of rotatable bonds is 5. The van der Waals surface area contributed by atoms with Crippen LogP contribution in [-0.2, 0) is 16.6 Å². The van der Waals surface area contributed by atoms with Gasteiger partial charge in [0.05, 0.1) is 5.75 Å². The van der Waals surface area contributed by atoms with Gasteiger partial charge in [0.1, 0.15) is 0 Å². The molecular weight excluding hydrogens is 214 g/mol. The van der Waals surface area contributed by atoms with Crippen molar-refractivity contribution in [2.75, 3.05) is 19.3 Å². The van der Waals surface area contributed by atoms with E-state index in [9.17, 15) is 8.42 Å². The summed E-state index contributed by atoms with van der Waals surface area (Å²) in [5, 5.41) is 0. The maximum absolute atomic E-state index is 11.6. The van der Waals surface area contributed by atoms with Crippen molar-refractivity contribution in [3.63, 3.8) is 0 Å². The first kappa shape index (κ1) is 12.1. The van der Waals surface area contributed by atoms with E-state index < -0.39 is 10.0 Å². The van der Waals surface area contributed by atoms with Gasteiger partial charge in [0.2, 0.25) is 10.0 Å². The van der Waals surface area contributed by atoms with Crippen molar-refractivity contribution in [2.24, 2.45) is 5.73 Å². The summed E-state index contributed by atoms with van der Waals surface area (Å²) in [4.78, 5) is 3.92. The van der Waals surface area contributed by atoms with Crippen molar-refractivity contribution in [3.8, 4) is 0 Å². The first-order chi connectivity index (χ1) is 7.06. The van der Waals surface area contributed by atoms with E-state index in [-0.39, 0.29) is 12.3 Å². The molecule has 1 rings (SSSR count). The molecule has 0 spiro atoms. The Morgan fingerprint density at radius 1 is 1.53 bits per heavy atom. The van der Waals surface area contributed by atoms with Crippen LogP contribution in [0.1, 0.15) is 5.56 Å². The first-order valence-corrected chi connectivity index (χ1v) is 6.20. The van der Waals surface area contributed by atoms with Crippen LogP contribution in [0.4, 0.5) is 0 Å². The van der Waals surface area contributed by atoms with E-state index in [0.717, 1.165) is 5.56 Å². The number of hydrogen-bond donors (Lipinski definition) is 1. The fraction of sp³-hybridized carbons (Fsp3) is 0.444. The summed E-state index contributed by atoms with van der Waals surface area (Å²) < 4.78 is 24.4. The van der Waals surface area contributed by atoms with Gasteiger partial charge < -0.3 is 5.73 Å². The van der Waals surface area contributed by atoms with Crippen LogP contribution in [0.3, 0.4) is 0 Å². The summed E-state index contributed by atoms with van der Waals surface area (Å²) in [6, 6.07) is 3.61. The molecule has 0 fully saturated rings. The monoisotopic (exact) mass is 229 g/mol. The van der Waals surface area contributed by atoms with Crippen molar-refractivity contribution in [1.29, 1.82) is 0 Å². The Hall–Kier alpha value is -0.980. The van der Waals surface area contributed by atoms with Crippen LogP contribution in [0, 0.1) is 0 Å². The second kappa shape index (κ2) is 5.20. The van der Waals surface area contributed by atoms with Crippen molar-refractivity contribution >= 4 is 10.0 Å². The molecule has 5 nitrogen and oxygen atoms in total. The molecule has 0 aromatic carbocycles. The Kier molecular flexibility index (Phi) is 4.19. The molecule has 0 radical (unpaired) electrons. The highest BCUT2D eigenvalue weighted by molar-refractivity contribution is 7.89. The lowest BCUT2D eigenvalue weighted by molar-refractivity contribution is 0.466. The third kappa shape index (κ3) is 3.58. The van der Waals surface area contributed by atoms with E-state index >= 15 is 0 Å². The normalized spacial score (nSPS) is 11.9. The Morgan fingerprint density at radius 2 is 2.27 bits per heavy atom. The lowest BCUT2D eigenvalue weighted by Crippen LogP contribution is -2.31. The second-order valence-corrected chi connectivity index (χ2v) is 5.42. The van der Waals surface area contributed by atoms with Gasteiger partial charge in [-0.3, -0.25) is 4.98 Å². The Labute approximate surface area is 90.0 Å². The lowest BCUT2D eigenvalue weighted by Gasteiger charge is -2.16. The number of nitrogens with zero attached hydrogens (tertiary/aromatic N) is 2. The van der Waals surface area contributed by atoms with E-state index in [0.29, 0.717) is 6.54 Å². The molecule has 0 atom stereocenters. The van der Waals surface area contributed by atoms with Gasteiger partial charge in [0, 0.05) is 32.5 Å². The quantitative estimate of drug-likeness (QED) is 0.758. The van der Waals surface area contributed by atoms with Crippen LogP contribution in [-0.4, -0.2) is 37.1 Å². The number of aromatic nitrogens is 1. The van der Waals surface area contributed by atoms with Crippen molar-refractivity contribution in [1.82, 2.24) is 9.29 Å². The van der Waals surface area contributed by atoms with Gasteiger partial charge in [-0.2, -0.15) is 0 Å². The van der Waals surface area contributed by atoms with Gasteiger partial charge in [0.25, 0.3) is 0 Å². The summed E-state index contributed by atoms with van der Waals surface area (Å²) in [7, 11) is -1.69. The number of pyridine rings is 1. The van der Waals surface area contributed by atoms with Crippen LogP contribution in [0.5, 0.6) is 0 Å². The van der Waals surface area contributed by atoms with Gasteiger partial charge >= 0.3 is 0 Å². The van der Waals surface area contributed by atoms with E-state index in [1.807, 2.05) is 6.07 Å². The molecular formula is C9H15N3O2S. The lowest BCUT2D eigenvalue weighted by atomic mass is 10.3. The van der Waals surface area contributed by atoms with Crippen LogP contribution in [0.2, 0.25) is 0 Å². The maximum Gasteiger partial charge on any atom is 0.215 e. The summed E-state index contributed by atoms with van der Waals surface area (Å²) >= 11 is 0. The number of nitrogens with two attached hydrogens (primary N) is 1. The van der Waals surface area contributed by atoms with E-state index in [1.54, 1.807) is 18.5 Å². The average Bonchev–Trinajstić information content (AvgIpc) is 2.19. The smallest absolute Gasteiger partial charge is 0.215 e. The van der Waals surface area contributed by atoms with Crippen LogP contribution < -0.4 is 5.73 Å². The molecule has 2 N–H and O–H groups in total. The highest BCUT2D eigenvalue weighted by Crippen LogP contribution is 2.05. The number of hydrogen-bond acceptors (Lipinski definition) is 4. The number of sulfonamides is 1. The Balaban J connectivity index is 2.68. The summed E-state index contributed by atoms with van der Waals surface area (Å²) in [6.45, 7) is 0.468. The highest BCUT2D eigenvalue weighted by Gasteiger charge is 2.16. The molecule has 0 aliphatic rings. The third-order valence-electron chi connectivity index (χ3n) is 1.98. The Morgan fingerprint density at radius 3 is 2.80 bits per heavy atom. The zero-order chi connectivity index (χ0) is 11.3. The molecule has 0 aliphatic heterocycles. The van der Waals surface area contributed by atoms with Crippen LogP contribution in [0.15, 0.2) is 24.5 Å². The average molecular weight is 229 g/mol. The Bertz CT molecular complexity index is 391. The first-order valence-electron chi connectivity index (χ1n) is 4.59. The standard InChI is InChI=1S/C9H15N3O2S/c1-12(15(13,14)6-4-10)8-9-3-2-5-11-7-9/h2-3,5,7H,4,6,8,10H2,1H3. The van der Waals surface area contributed by atoms with Crippen molar-refractivity contribution in [3.05, 3.63) is 30.1 Å². The zero-order valence-electron chi connectivity index (χ0n) is 8.63. The van der Waals surface area contributed by atoms with Gasteiger partial charge in [-0.15, -0.1) is 0 Å². The highest BCUT2D eigenvalue weighted by atomic mass is 32.2. The molecule has 0 amide bonds. The molecule has 0 bridgehead atoms. The molecule has 0 unspecified atom stereocenters. The molecule has 1 heterocycles. The van der Waals surface area contributed by atoms with Gasteiger partial charge in [-0.05, 0) is 11.6 Å². The molecule has 0 saturated carbocycles.